The molecule has 0 radical (unpaired) electrons. The molecule has 0 heterocycles. The minimum atomic E-state index is -0.899. The first-order valence-electron chi connectivity index (χ1n) is 5.75. The Morgan fingerprint density at radius 1 is 1.42 bits per heavy atom. The van der Waals surface area contributed by atoms with Gasteiger partial charge in [0.2, 0.25) is 0 Å². The molecule has 4 nitrogen and oxygen atoms in total. The normalized spacial score (nSPS) is 12.1. The molecule has 0 bridgehead atoms. The number of rotatable bonds is 6. The Hall–Kier alpha value is -1.34. The third-order valence-corrected chi connectivity index (χ3v) is 3.23. The van der Waals surface area contributed by atoms with Crippen LogP contribution in [0.4, 0.5) is 14.5 Å². The van der Waals surface area contributed by atoms with Crippen molar-refractivity contribution in [1.82, 2.24) is 5.32 Å². The number of nitrogen functional groups attached to an aromatic ring is 1. The number of hydrogen-bond donors (Lipinski definition) is 3. The van der Waals surface area contributed by atoms with Crippen molar-refractivity contribution < 1.29 is 13.6 Å². The summed E-state index contributed by atoms with van der Waals surface area (Å²) in [5.74, 6) is 3.58. The van der Waals surface area contributed by atoms with Gasteiger partial charge in [-0.25, -0.2) is 8.78 Å². The van der Waals surface area contributed by atoms with Crippen LogP contribution in [0, 0.1) is 11.6 Å². The maximum atomic E-state index is 13.4. The predicted octanol–water partition coefficient (Wildman–Crippen LogP) is 2.12. The van der Waals surface area contributed by atoms with Crippen molar-refractivity contribution in [2.45, 2.75) is 19.4 Å². The van der Waals surface area contributed by atoms with E-state index in [1.54, 1.807) is 11.8 Å². The van der Waals surface area contributed by atoms with E-state index in [-0.39, 0.29) is 11.6 Å². The SMILES string of the molecule is CSCCC(C)NC(=O)c1cc(F)c(NN)c(F)c1. The molecule has 0 saturated carbocycles. The number of halogens is 2. The minimum Gasteiger partial charge on any atom is -0.350 e. The van der Waals surface area contributed by atoms with Gasteiger partial charge in [-0.15, -0.1) is 0 Å². The first-order valence-corrected chi connectivity index (χ1v) is 7.14. The molecule has 0 fully saturated rings. The molecule has 0 aliphatic rings. The van der Waals surface area contributed by atoms with Crippen LogP contribution < -0.4 is 16.6 Å². The van der Waals surface area contributed by atoms with Crippen LogP contribution in [-0.2, 0) is 0 Å². The van der Waals surface area contributed by atoms with E-state index in [0.717, 1.165) is 24.3 Å². The van der Waals surface area contributed by atoms with Gasteiger partial charge in [0, 0.05) is 11.6 Å². The van der Waals surface area contributed by atoms with Crippen molar-refractivity contribution in [3.63, 3.8) is 0 Å². The third-order valence-electron chi connectivity index (χ3n) is 2.58. The molecule has 0 saturated heterocycles. The van der Waals surface area contributed by atoms with E-state index in [4.69, 9.17) is 5.84 Å². The molecule has 0 aromatic heterocycles. The molecule has 4 N–H and O–H groups in total. The predicted molar refractivity (Wildman–Crippen MR) is 74.1 cm³/mol. The zero-order valence-electron chi connectivity index (χ0n) is 10.8. The van der Waals surface area contributed by atoms with Crippen molar-refractivity contribution in [2.75, 3.05) is 17.4 Å². The Kier molecular flexibility index (Phi) is 6.04. The second-order valence-electron chi connectivity index (χ2n) is 4.12. The molecule has 1 atom stereocenters. The molecule has 7 heteroatoms. The van der Waals surface area contributed by atoms with E-state index in [1.807, 2.05) is 18.6 Å². The summed E-state index contributed by atoms with van der Waals surface area (Å²) in [5.41, 5.74) is 1.40. The summed E-state index contributed by atoms with van der Waals surface area (Å²) in [7, 11) is 0. The van der Waals surface area contributed by atoms with Gasteiger partial charge in [-0.1, -0.05) is 0 Å². The van der Waals surface area contributed by atoms with Crippen molar-refractivity contribution >= 4 is 23.4 Å². The second-order valence-corrected chi connectivity index (χ2v) is 5.10. The fourth-order valence-corrected chi connectivity index (χ4v) is 2.11. The van der Waals surface area contributed by atoms with E-state index < -0.39 is 23.2 Å². The first-order chi connectivity index (χ1) is 8.99. The topological polar surface area (TPSA) is 67.2 Å². The monoisotopic (exact) mass is 289 g/mol. The maximum Gasteiger partial charge on any atom is 0.251 e. The summed E-state index contributed by atoms with van der Waals surface area (Å²) in [5, 5.41) is 2.69. The van der Waals surface area contributed by atoms with E-state index in [2.05, 4.69) is 5.32 Å². The quantitative estimate of drug-likeness (QED) is 0.554. The highest BCUT2D eigenvalue weighted by molar-refractivity contribution is 7.98. The first kappa shape index (κ1) is 15.7. The van der Waals surface area contributed by atoms with Gasteiger partial charge in [0.25, 0.3) is 5.91 Å². The van der Waals surface area contributed by atoms with E-state index in [9.17, 15) is 13.6 Å². The highest BCUT2D eigenvalue weighted by Crippen LogP contribution is 2.19. The van der Waals surface area contributed by atoms with Crippen molar-refractivity contribution in [1.29, 1.82) is 0 Å². The van der Waals surface area contributed by atoms with Gasteiger partial charge >= 0.3 is 0 Å². The van der Waals surface area contributed by atoms with Gasteiger partial charge in [0.05, 0.1) is 0 Å². The molecule has 1 aromatic rings. The summed E-state index contributed by atoms with van der Waals surface area (Å²) in [6, 6.07) is 1.85. The van der Waals surface area contributed by atoms with Gasteiger partial charge < -0.3 is 10.7 Å². The van der Waals surface area contributed by atoms with Crippen molar-refractivity contribution in [2.24, 2.45) is 5.84 Å². The van der Waals surface area contributed by atoms with Crippen LogP contribution >= 0.6 is 11.8 Å². The largest absolute Gasteiger partial charge is 0.350 e. The number of carbonyl (C=O) groups excluding carboxylic acids is 1. The molecule has 0 aliphatic heterocycles. The van der Waals surface area contributed by atoms with Gasteiger partial charge in [-0.2, -0.15) is 11.8 Å². The van der Waals surface area contributed by atoms with Crippen LogP contribution in [0.25, 0.3) is 0 Å². The molecule has 1 rings (SSSR count). The lowest BCUT2D eigenvalue weighted by Crippen LogP contribution is -2.33. The molecule has 1 aromatic carbocycles. The lowest BCUT2D eigenvalue weighted by atomic mass is 10.1. The summed E-state index contributed by atoms with van der Waals surface area (Å²) < 4.78 is 26.9. The maximum absolute atomic E-state index is 13.4. The Bertz CT molecular complexity index is 434. The molecule has 0 spiro atoms. The molecule has 1 amide bonds. The van der Waals surface area contributed by atoms with Gasteiger partial charge in [0.1, 0.15) is 5.69 Å². The van der Waals surface area contributed by atoms with Crippen molar-refractivity contribution in [3.8, 4) is 0 Å². The Morgan fingerprint density at radius 3 is 2.47 bits per heavy atom. The van der Waals surface area contributed by atoms with Gasteiger partial charge in [-0.05, 0) is 37.5 Å². The number of anilines is 1. The van der Waals surface area contributed by atoms with Gasteiger partial charge in [0.15, 0.2) is 11.6 Å². The molecule has 0 aliphatic carbocycles. The van der Waals surface area contributed by atoms with Crippen molar-refractivity contribution in [3.05, 3.63) is 29.3 Å². The standard InChI is InChI=1S/C12H17F2N3OS/c1-7(3-4-19-2)16-12(18)8-5-9(13)11(17-15)10(14)6-8/h5-7,17H,3-4,15H2,1-2H3,(H,16,18). The Morgan fingerprint density at radius 2 is 2.00 bits per heavy atom. The third kappa shape index (κ3) is 4.36. The van der Waals surface area contributed by atoms with E-state index in [0.29, 0.717) is 0 Å². The zero-order valence-corrected chi connectivity index (χ0v) is 11.6. The summed E-state index contributed by atoms with van der Waals surface area (Å²) >= 11 is 1.67. The smallest absolute Gasteiger partial charge is 0.251 e. The van der Waals surface area contributed by atoms with E-state index in [1.165, 1.54) is 0 Å². The van der Waals surface area contributed by atoms with Crippen LogP contribution in [0.5, 0.6) is 0 Å². The molecular weight excluding hydrogens is 272 g/mol. The highest BCUT2D eigenvalue weighted by atomic mass is 32.2. The van der Waals surface area contributed by atoms with Crippen LogP contribution in [0.3, 0.4) is 0 Å². The highest BCUT2D eigenvalue weighted by Gasteiger charge is 2.15. The molecule has 106 valence electrons. The van der Waals surface area contributed by atoms with Crippen LogP contribution in [-0.4, -0.2) is 24.0 Å². The zero-order chi connectivity index (χ0) is 14.4. The number of hydrogen-bond acceptors (Lipinski definition) is 4. The number of thioether (sulfide) groups is 1. The molecular formula is C12H17F2N3OS. The number of nitrogens with two attached hydrogens (primary N) is 1. The molecule has 19 heavy (non-hydrogen) atoms. The number of benzene rings is 1. The average molecular weight is 289 g/mol. The summed E-state index contributed by atoms with van der Waals surface area (Å²) in [6.07, 6.45) is 2.76. The van der Waals surface area contributed by atoms with Crippen LogP contribution in [0.1, 0.15) is 23.7 Å². The Labute approximate surface area is 115 Å². The second kappa shape index (κ2) is 7.30. The number of hydrazine groups is 1. The Balaban J connectivity index is 2.78. The minimum absolute atomic E-state index is 0.0571. The van der Waals surface area contributed by atoms with Crippen LogP contribution in [0.2, 0.25) is 0 Å². The van der Waals surface area contributed by atoms with E-state index >= 15 is 0 Å². The molecule has 1 unspecified atom stereocenters. The fourth-order valence-electron chi connectivity index (χ4n) is 1.52. The van der Waals surface area contributed by atoms with Crippen LogP contribution in [0.15, 0.2) is 12.1 Å². The lowest BCUT2D eigenvalue weighted by molar-refractivity contribution is 0.0938. The summed E-state index contributed by atoms with van der Waals surface area (Å²) in [4.78, 5) is 11.8. The average Bonchev–Trinajstić information content (AvgIpc) is 2.35. The lowest BCUT2D eigenvalue weighted by Gasteiger charge is -2.14. The van der Waals surface area contributed by atoms with Gasteiger partial charge in [-0.3, -0.25) is 10.6 Å². The number of amides is 1. The summed E-state index contributed by atoms with van der Waals surface area (Å²) in [6.45, 7) is 1.84. The fraction of sp³-hybridized carbons (Fsp3) is 0.417. The number of carbonyl (C=O) groups is 1. The number of nitrogens with one attached hydrogen (secondary N) is 2.